The van der Waals surface area contributed by atoms with Gasteiger partial charge in [0.2, 0.25) is 5.91 Å². The molecule has 1 N–H and O–H groups in total. The molecule has 3 rings (SSSR count). The summed E-state index contributed by atoms with van der Waals surface area (Å²) >= 11 is 1.23. The van der Waals surface area contributed by atoms with E-state index in [4.69, 9.17) is 0 Å². The molecule has 1 aliphatic carbocycles. The number of nitrogens with one attached hydrogen (secondary N) is 1. The zero-order valence-electron chi connectivity index (χ0n) is 12.8. The minimum atomic E-state index is -0.111. The van der Waals surface area contributed by atoms with Crippen molar-refractivity contribution in [1.29, 1.82) is 0 Å². The van der Waals surface area contributed by atoms with Crippen LogP contribution in [-0.4, -0.2) is 28.4 Å². The number of hydrogen-bond acceptors (Lipinski definition) is 4. The highest BCUT2D eigenvalue weighted by molar-refractivity contribution is 8.14. The third-order valence-corrected chi connectivity index (χ3v) is 4.83. The summed E-state index contributed by atoms with van der Waals surface area (Å²) in [5.41, 5.74) is 2.00. The first-order chi connectivity index (χ1) is 11.2. The van der Waals surface area contributed by atoms with E-state index >= 15 is 0 Å². The lowest BCUT2D eigenvalue weighted by molar-refractivity contribution is -0.120. The van der Waals surface area contributed by atoms with E-state index in [-0.39, 0.29) is 23.5 Å². The van der Waals surface area contributed by atoms with Crippen LogP contribution in [0.4, 0.5) is 0 Å². The number of rotatable bonds is 4. The van der Waals surface area contributed by atoms with Crippen molar-refractivity contribution in [2.75, 3.05) is 5.75 Å². The van der Waals surface area contributed by atoms with Gasteiger partial charge in [-0.05, 0) is 24.8 Å². The van der Waals surface area contributed by atoms with Crippen molar-refractivity contribution in [2.45, 2.75) is 32.2 Å². The average molecular weight is 329 g/mol. The molecule has 1 atom stereocenters. The Bertz CT molecular complexity index is 655. The fourth-order valence-electron chi connectivity index (χ4n) is 2.76. The molecule has 1 aliphatic heterocycles. The molecule has 1 saturated carbocycles. The van der Waals surface area contributed by atoms with Crippen LogP contribution in [-0.2, 0) is 16.1 Å². The van der Waals surface area contributed by atoms with Crippen LogP contribution >= 0.6 is 11.8 Å². The molecule has 6 heteroatoms. The fraction of sp³-hybridized carbons (Fsp3) is 0.412. The molecule has 0 aromatic heterocycles. The first-order valence-electron chi connectivity index (χ1n) is 7.86. The monoisotopic (exact) mass is 329 g/mol. The molecule has 0 radical (unpaired) electrons. The first-order valence-corrected chi connectivity index (χ1v) is 8.84. The van der Waals surface area contributed by atoms with Crippen molar-refractivity contribution in [1.82, 2.24) is 5.32 Å². The Balaban J connectivity index is 1.49. The number of amidine groups is 1. The van der Waals surface area contributed by atoms with Crippen LogP contribution < -0.4 is 5.32 Å². The van der Waals surface area contributed by atoms with Gasteiger partial charge in [0.05, 0.1) is 11.7 Å². The van der Waals surface area contributed by atoms with E-state index in [9.17, 15) is 9.59 Å². The van der Waals surface area contributed by atoms with E-state index in [1.54, 1.807) is 0 Å². The zero-order valence-corrected chi connectivity index (χ0v) is 13.6. The normalized spacial score (nSPS) is 20.3. The van der Waals surface area contributed by atoms with E-state index in [0.717, 1.165) is 37.0 Å². The van der Waals surface area contributed by atoms with Gasteiger partial charge in [0.25, 0.3) is 5.91 Å². The van der Waals surface area contributed by atoms with Gasteiger partial charge in [0, 0.05) is 12.3 Å². The highest BCUT2D eigenvalue weighted by atomic mass is 32.2. The topological polar surface area (TPSA) is 70.9 Å². The second-order valence-corrected chi connectivity index (χ2v) is 6.63. The van der Waals surface area contributed by atoms with Crippen LogP contribution in [0.1, 0.15) is 31.2 Å². The Morgan fingerprint density at radius 3 is 2.87 bits per heavy atom. The molecule has 0 saturated heterocycles. The van der Waals surface area contributed by atoms with Crippen LogP contribution in [0.25, 0.3) is 0 Å². The number of hydrogen-bond donors (Lipinski definition) is 1. The predicted octanol–water partition coefficient (Wildman–Crippen LogP) is 2.56. The molecule has 2 amide bonds. The van der Waals surface area contributed by atoms with Crippen LogP contribution in [0.2, 0.25) is 0 Å². The Morgan fingerprint density at radius 2 is 2.04 bits per heavy atom. The summed E-state index contributed by atoms with van der Waals surface area (Å²) in [4.78, 5) is 32.4. The number of carbonyl (C=O) groups excluding carboxylic acids is 2. The second-order valence-electron chi connectivity index (χ2n) is 5.69. The molecule has 0 spiro atoms. The maximum Gasteiger partial charge on any atom is 0.256 e. The van der Waals surface area contributed by atoms with E-state index in [1.165, 1.54) is 11.8 Å². The van der Waals surface area contributed by atoms with E-state index < -0.39 is 0 Å². The summed E-state index contributed by atoms with van der Waals surface area (Å²) in [7, 11) is 0. The lowest BCUT2D eigenvalue weighted by Gasteiger charge is -2.24. The van der Waals surface area contributed by atoms with Crippen molar-refractivity contribution in [2.24, 2.45) is 15.9 Å². The van der Waals surface area contributed by atoms with Gasteiger partial charge in [-0.2, -0.15) is 4.99 Å². The highest BCUT2D eigenvalue weighted by Crippen LogP contribution is 2.27. The van der Waals surface area contributed by atoms with E-state index in [1.807, 2.05) is 30.3 Å². The van der Waals surface area contributed by atoms with E-state index in [2.05, 4.69) is 15.3 Å². The van der Waals surface area contributed by atoms with Crippen molar-refractivity contribution in [3.05, 3.63) is 35.9 Å². The average Bonchev–Trinajstić information content (AvgIpc) is 2.59. The maximum atomic E-state index is 12.0. The number of aliphatic imine (C=N–C) groups is 2. The number of amides is 2. The number of fused-ring (bicyclic) bond motifs is 1. The highest BCUT2D eigenvalue weighted by Gasteiger charge is 2.30. The van der Waals surface area contributed by atoms with Gasteiger partial charge in [0.15, 0.2) is 5.17 Å². The Hall–Kier alpha value is -1.95. The Labute approximate surface area is 139 Å². The van der Waals surface area contributed by atoms with Gasteiger partial charge in [-0.3, -0.25) is 9.59 Å². The molecule has 5 nitrogen and oxygen atoms in total. The Morgan fingerprint density at radius 1 is 1.22 bits per heavy atom. The molecule has 1 aromatic carbocycles. The minimum Gasteiger partial charge on any atom is -0.351 e. The second kappa shape index (κ2) is 7.55. The van der Waals surface area contributed by atoms with Gasteiger partial charge >= 0.3 is 0 Å². The molecular formula is C17H19N3O2S. The standard InChI is InChI=1S/C17H19N3O2S/c21-15(18-10-12-6-2-1-3-7-12)11-23-17-19-14-9-5-4-8-13(14)16(22)20-17/h1-3,6-7,13H,4-5,8-11H2,(H,18,21). The van der Waals surface area contributed by atoms with Crippen LogP contribution in [0.3, 0.4) is 0 Å². The summed E-state index contributed by atoms with van der Waals surface area (Å²) in [6, 6.07) is 9.75. The molecule has 1 heterocycles. The molecular weight excluding hydrogens is 310 g/mol. The molecule has 120 valence electrons. The molecule has 1 unspecified atom stereocenters. The molecule has 1 fully saturated rings. The maximum absolute atomic E-state index is 12.0. The van der Waals surface area contributed by atoms with Gasteiger partial charge in [-0.1, -0.05) is 48.5 Å². The summed E-state index contributed by atoms with van der Waals surface area (Å²) in [6.07, 6.45) is 3.88. The van der Waals surface area contributed by atoms with Crippen LogP contribution in [0.5, 0.6) is 0 Å². The predicted molar refractivity (Wildman–Crippen MR) is 92.6 cm³/mol. The number of benzene rings is 1. The number of carbonyl (C=O) groups is 2. The van der Waals surface area contributed by atoms with Crippen LogP contribution in [0.15, 0.2) is 40.3 Å². The van der Waals surface area contributed by atoms with Crippen molar-refractivity contribution in [3.8, 4) is 0 Å². The van der Waals surface area contributed by atoms with Crippen molar-refractivity contribution < 1.29 is 9.59 Å². The lowest BCUT2D eigenvalue weighted by Crippen LogP contribution is -2.31. The van der Waals surface area contributed by atoms with Crippen molar-refractivity contribution in [3.63, 3.8) is 0 Å². The summed E-state index contributed by atoms with van der Waals surface area (Å²) < 4.78 is 0. The van der Waals surface area contributed by atoms with Gasteiger partial charge in [-0.15, -0.1) is 0 Å². The van der Waals surface area contributed by atoms with Crippen LogP contribution in [0, 0.1) is 5.92 Å². The third kappa shape index (κ3) is 4.28. The number of thioether (sulfide) groups is 1. The van der Waals surface area contributed by atoms with Gasteiger partial charge in [0.1, 0.15) is 0 Å². The molecule has 23 heavy (non-hydrogen) atoms. The Kier molecular flexibility index (Phi) is 5.23. The SMILES string of the molecule is O=C(CSC1=NC(=O)C2CCCCC2=N1)NCc1ccccc1. The molecule has 2 aliphatic rings. The minimum absolute atomic E-state index is 0.0834. The smallest absolute Gasteiger partial charge is 0.256 e. The summed E-state index contributed by atoms with van der Waals surface area (Å²) in [5, 5.41) is 3.29. The summed E-state index contributed by atoms with van der Waals surface area (Å²) in [6.45, 7) is 0.502. The molecule has 1 aromatic rings. The third-order valence-electron chi connectivity index (χ3n) is 3.99. The van der Waals surface area contributed by atoms with E-state index in [0.29, 0.717) is 11.7 Å². The first kappa shape index (κ1) is 15.9. The van der Waals surface area contributed by atoms with Crippen molar-refractivity contribution >= 4 is 34.5 Å². The van der Waals surface area contributed by atoms with Gasteiger partial charge in [-0.25, -0.2) is 4.99 Å². The summed E-state index contributed by atoms with van der Waals surface area (Å²) in [5.74, 6) is -0.0673. The number of nitrogens with zero attached hydrogens (tertiary/aromatic N) is 2. The van der Waals surface area contributed by atoms with Gasteiger partial charge < -0.3 is 5.32 Å². The fourth-order valence-corrected chi connectivity index (χ4v) is 3.46. The quantitative estimate of drug-likeness (QED) is 0.923. The molecule has 0 bridgehead atoms. The lowest BCUT2D eigenvalue weighted by atomic mass is 9.86. The largest absolute Gasteiger partial charge is 0.351 e. The zero-order chi connectivity index (χ0) is 16.1.